The molecule has 134 valence electrons. The van der Waals surface area contributed by atoms with E-state index in [0.29, 0.717) is 11.4 Å². The standard InChI is InChI=1S/C18H21FN2O4/c1-12-9-14(5-8-17(12)24-2)21-18(23)20-10-15(22)11-25-16-6-3-13(19)4-7-16/h3-9,15,22H,10-11H2,1-2H3,(H2,20,21,23). The summed E-state index contributed by atoms with van der Waals surface area (Å²) in [5.74, 6) is 0.818. The molecule has 1 atom stereocenters. The monoisotopic (exact) mass is 348 g/mol. The van der Waals surface area contributed by atoms with E-state index in [2.05, 4.69) is 10.6 Å². The van der Waals surface area contributed by atoms with Crippen LogP contribution < -0.4 is 20.1 Å². The van der Waals surface area contributed by atoms with Gasteiger partial charge in [0.15, 0.2) is 0 Å². The lowest BCUT2D eigenvalue weighted by molar-refractivity contribution is 0.108. The van der Waals surface area contributed by atoms with Gasteiger partial charge in [0, 0.05) is 12.2 Å². The highest BCUT2D eigenvalue weighted by Crippen LogP contribution is 2.21. The van der Waals surface area contributed by atoms with Crippen LogP contribution in [0, 0.1) is 12.7 Å². The zero-order chi connectivity index (χ0) is 18.2. The topological polar surface area (TPSA) is 79.8 Å². The Bertz CT molecular complexity index is 707. The van der Waals surface area contributed by atoms with Crippen molar-refractivity contribution >= 4 is 11.7 Å². The van der Waals surface area contributed by atoms with Crippen molar-refractivity contribution in [1.82, 2.24) is 5.32 Å². The van der Waals surface area contributed by atoms with E-state index in [9.17, 15) is 14.3 Å². The average Bonchev–Trinajstić information content (AvgIpc) is 2.59. The first-order chi connectivity index (χ1) is 12.0. The quantitative estimate of drug-likeness (QED) is 0.719. The van der Waals surface area contributed by atoms with Gasteiger partial charge in [-0.1, -0.05) is 0 Å². The number of aryl methyl sites for hydroxylation is 1. The minimum absolute atomic E-state index is 0.0160. The maximum Gasteiger partial charge on any atom is 0.319 e. The van der Waals surface area contributed by atoms with Gasteiger partial charge in [-0.15, -0.1) is 0 Å². The lowest BCUT2D eigenvalue weighted by atomic mass is 10.2. The first kappa shape index (κ1) is 18.5. The highest BCUT2D eigenvalue weighted by molar-refractivity contribution is 5.89. The van der Waals surface area contributed by atoms with Crippen LogP contribution >= 0.6 is 0 Å². The number of urea groups is 1. The van der Waals surface area contributed by atoms with Gasteiger partial charge in [-0.05, 0) is 55.0 Å². The number of hydrogen-bond donors (Lipinski definition) is 3. The smallest absolute Gasteiger partial charge is 0.319 e. The first-order valence-corrected chi connectivity index (χ1v) is 7.74. The van der Waals surface area contributed by atoms with E-state index in [-0.39, 0.29) is 19.0 Å². The number of ether oxygens (including phenoxy) is 2. The molecule has 7 heteroatoms. The summed E-state index contributed by atoms with van der Waals surface area (Å²) in [6, 6.07) is 10.3. The Morgan fingerprint density at radius 1 is 1.24 bits per heavy atom. The maximum absolute atomic E-state index is 12.8. The fraction of sp³-hybridized carbons (Fsp3) is 0.278. The van der Waals surface area contributed by atoms with Gasteiger partial charge < -0.3 is 25.2 Å². The van der Waals surface area contributed by atoms with Gasteiger partial charge in [-0.3, -0.25) is 0 Å². The van der Waals surface area contributed by atoms with Crippen LogP contribution in [-0.2, 0) is 0 Å². The Hall–Kier alpha value is -2.80. The second-order valence-corrected chi connectivity index (χ2v) is 5.44. The van der Waals surface area contributed by atoms with Crippen LogP contribution in [-0.4, -0.2) is 37.5 Å². The van der Waals surface area contributed by atoms with Crippen molar-refractivity contribution in [1.29, 1.82) is 0 Å². The minimum atomic E-state index is -0.895. The molecule has 0 aliphatic heterocycles. The number of carbonyl (C=O) groups is 1. The molecule has 0 aliphatic carbocycles. The van der Waals surface area contributed by atoms with E-state index in [1.165, 1.54) is 24.3 Å². The molecule has 0 saturated carbocycles. The van der Waals surface area contributed by atoms with Crippen LogP contribution in [0.5, 0.6) is 11.5 Å². The Morgan fingerprint density at radius 2 is 1.96 bits per heavy atom. The zero-order valence-corrected chi connectivity index (χ0v) is 14.1. The highest BCUT2D eigenvalue weighted by Gasteiger charge is 2.09. The lowest BCUT2D eigenvalue weighted by Crippen LogP contribution is -2.37. The summed E-state index contributed by atoms with van der Waals surface area (Å²) in [6.07, 6.45) is -0.895. The molecule has 2 aromatic carbocycles. The normalized spacial score (nSPS) is 11.5. The molecule has 2 amide bonds. The van der Waals surface area contributed by atoms with Crippen molar-refractivity contribution in [2.24, 2.45) is 0 Å². The molecule has 0 saturated heterocycles. The van der Waals surface area contributed by atoms with Gasteiger partial charge >= 0.3 is 6.03 Å². The third kappa shape index (κ3) is 5.96. The number of amides is 2. The van der Waals surface area contributed by atoms with E-state index >= 15 is 0 Å². The van der Waals surface area contributed by atoms with Crippen molar-refractivity contribution in [2.75, 3.05) is 25.6 Å². The summed E-state index contributed by atoms with van der Waals surface area (Å²) in [4.78, 5) is 11.8. The lowest BCUT2D eigenvalue weighted by Gasteiger charge is -2.14. The molecule has 0 bridgehead atoms. The molecule has 2 rings (SSSR count). The second-order valence-electron chi connectivity index (χ2n) is 5.44. The number of methoxy groups -OCH3 is 1. The van der Waals surface area contributed by atoms with Crippen LogP contribution in [0.2, 0.25) is 0 Å². The summed E-state index contributed by atoms with van der Waals surface area (Å²) in [7, 11) is 1.58. The van der Waals surface area contributed by atoms with Crippen LogP contribution in [0.15, 0.2) is 42.5 Å². The number of rotatable bonds is 7. The predicted octanol–water partition coefficient (Wildman–Crippen LogP) is 2.70. The molecular formula is C18H21FN2O4. The van der Waals surface area contributed by atoms with Crippen molar-refractivity contribution < 1.29 is 23.8 Å². The SMILES string of the molecule is COc1ccc(NC(=O)NCC(O)COc2ccc(F)cc2)cc1C. The number of aliphatic hydroxyl groups excluding tert-OH is 1. The minimum Gasteiger partial charge on any atom is -0.496 e. The van der Waals surface area contributed by atoms with E-state index < -0.39 is 12.1 Å². The molecule has 1 unspecified atom stereocenters. The number of hydrogen-bond acceptors (Lipinski definition) is 4. The van der Waals surface area contributed by atoms with Crippen molar-refractivity contribution in [2.45, 2.75) is 13.0 Å². The van der Waals surface area contributed by atoms with E-state index in [4.69, 9.17) is 9.47 Å². The van der Waals surface area contributed by atoms with Crippen LogP contribution in [0.3, 0.4) is 0 Å². The molecular weight excluding hydrogens is 327 g/mol. The number of benzene rings is 2. The van der Waals surface area contributed by atoms with Gasteiger partial charge in [0.25, 0.3) is 0 Å². The molecule has 3 N–H and O–H groups in total. The van der Waals surface area contributed by atoms with Crippen LogP contribution in [0.4, 0.5) is 14.9 Å². The third-order valence-corrected chi connectivity index (χ3v) is 3.41. The first-order valence-electron chi connectivity index (χ1n) is 7.74. The molecule has 0 aromatic heterocycles. The van der Waals surface area contributed by atoms with Crippen molar-refractivity contribution in [3.63, 3.8) is 0 Å². The summed E-state index contributed by atoms with van der Waals surface area (Å²) in [5.41, 5.74) is 1.51. The molecule has 0 aliphatic rings. The van der Waals surface area contributed by atoms with Gasteiger partial charge in [0.1, 0.15) is 30.0 Å². The number of aliphatic hydroxyl groups is 1. The second kappa shape index (κ2) is 8.89. The van der Waals surface area contributed by atoms with Gasteiger partial charge in [-0.25, -0.2) is 9.18 Å². The van der Waals surface area contributed by atoms with E-state index in [1.54, 1.807) is 25.3 Å². The fourth-order valence-electron chi connectivity index (χ4n) is 2.12. The molecule has 2 aromatic rings. The Labute approximate surface area is 145 Å². The molecule has 0 radical (unpaired) electrons. The van der Waals surface area contributed by atoms with Gasteiger partial charge in [0.05, 0.1) is 7.11 Å². The summed E-state index contributed by atoms with van der Waals surface area (Å²) in [6.45, 7) is 1.87. The Balaban J connectivity index is 1.73. The largest absolute Gasteiger partial charge is 0.496 e. The predicted molar refractivity (Wildman–Crippen MR) is 92.7 cm³/mol. The van der Waals surface area contributed by atoms with Gasteiger partial charge in [0.2, 0.25) is 0 Å². The number of nitrogens with one attached hydrogen (secondary N) is 2. The number of carbonyl (C=O) groups excluding carboxylic acids is 1. The molecule has 0 fully saturated rings. The summed E-state index contributed by atoms with van der Waals surface area (Å²) in [5, 5.41) is 15.1. The van der Waals surface area contributed by atoms with Gasteiger partial charge in [-0.2, -0.15) is 0 Å². The molecule has 6 nitrogen and oxygen atoms in total. The van der Waals surface area contributed by atoms with Crippen LogP contribution in [0.25, 0.3) is 0 Å². The van der Waals surface area contributed by atoms with Crippen LogP contribution in [0.1, 0.15) is 5.56 Å². The summed E-state index contributed by atoms with van der Waals surface area (Å²) >= 11 is 0. The number of halogens is 1. The fourth-order valence-corrected chi connectivity index (χ4v) is 2.12. The zero-order valence-electron chi connectivity index (χ0n) is 14.1. The van der Waals surface area contributed by atoms with Crippen molar-refractivity contribution in [3.05, 3.63) is 53.8 Å². The average molecular weight is 348 g/mol. The van der Waals surface area contributed by atoms with Crippen molar-refractivity contribution in [3.8, 4) is 11.5 Å². The molecule has 25 heavy (non-hydrogen) atoms. The number of anilines is 1. The van der Waals surface area contributed by atoms with E-state index in [1.807, 2.05) is 6.92 Å². The third-order valence-electron chi connectivity index (χ3n) is 3.41. The molecule has 0 heterocycles. The Morgan fingerprint density at radius 3 is 2.60 bits per heavy atom. The Kier molecular flexibility index (Phi) is 6.59. The van der Waals surface area contributed by atoms with E-state index in [0.717, 1.165) is 11.3 Å². The molecule has 0 spiro atoms. The summed E-state index contributed by atoms with van der Waals surface area (Å²) < 4.78 is 23.2. The maximum atomic E-state index is 12.8. The highest BCUT2D eigenvalue weighted by atomic mass is 19.1.